The minimum atomic E-state index is 0.210. The zero-order valence-corrected chi connectivity index (χ0v) is 14.8. The maximum Gasteiger partial charge on any atom is 0.139 e. The highest BCUT2D eigenvalue weighted by Gasteiger charge is 2.15. The summed E-state index contributed by atoms with van der Waals surface area (Å²) in [7, 11) is 11.2. The Labute approximate surface area is 134 Å². The summed E-state index contributed by atoms with van der Waals surface area (Å²) in [6, 6.07) is 9.12. The van der Waals surface area contributed by atoms with Crippen molar-refractivity contribution in [1.29, 1.82) is 0 Å². The normalized spacial score (nSPS) is 11.6. The molecule has 0 heterocycles. The molecule has 0 nitrogen and oxygen atoms in total. The van der Waals surface area contributed by atoms with Crippen molar-refractivity contribution in [2.45, 2.75) is 26.2 Å². The highest BCUT2D eigenvalue weighted by molar-refractivity contribution is 6.68. The molecule has 0 aliphatic carbocycles. The molecule has 0 amide bonds. The predicted molar refractivity (Wildman–Crippen MR) is 111 cm³/mol. The smallest absolute Gasteiger partial charge is 0.102 e. The van der Waals surface area contributed by atoms with Crippen LogP contribution in [0.1, 0.15) is 26.3 Å². The largest absolute Gasteiger partial charge is 0.139 e. The van der Waals surface area contributed by atoms with E-state index in [0.29, 0.717) is 0 Å². The average Bonchev–Trinajstić information content (AvgIpc) is 2.43. The van der Waals surface area contributed by atoms with Gasteiger partial charge in [0.1, 0.15) is 39.2 Å². The van der Waals surface area contributed by atoms with E-state index in [1.807, 2.05) is 0 Å². The summed E-state index contributed by atoms with van der Waals surface area (Å²) in [6.07, 6.45) is 0. The summed E-state index contributed by atoms with van der Waals surface area (Å²) < 4.78 is 0. The third-order valence-corrected chi connectivity index (χ3v) is 5.04. The summed E-state index contributed by atoms with van der Waals surface area (Å²) in [5, 5.41) is 0. The Morgan fingerprint density at radius 2 is 1.00 bits per heavy atom. The van der Waals surface area contributed by atoms with Crippen molar-refractivity contribution in [3.05, 3.63) is 29.8 Å². The van der Waals surface area contributed by atoms with E-state index in [0.717, 1.165) is 0 Å². The summed E-state index contributed by atoms with van der Waals surface area (Å²) in [6.45, 7) is 6.79. The molecule has 0 saturated carbocycles. The number of benzene rings is 2. The van der Waals surface area contributed by atoms with Gasteiger partial charge in [-0.2, -0.15) is 0 Å². The SMILES string of the molecule is Bc1c(B)c(B)c(-c2ccc(C(C)(C)C)cc2)c(B)c1B. The fourth-order valence-electron chi connectivity index (χ4n) is 3.07. The number of hydrogen-bond acceptors (Lipinski definition) is 0. The van der Waals surface area contributed by atoms with Gasteiger partial charge in [-0.1, -0.05) is 56.0 Å². The van der Waals surface area contributed by atoms with Crippen molar-refractivity contribution in [3.63, 3.8) is 0 Å². The standard InChI is InChI=1S/C16H23B5/c1-16(2,3)9-6-4-8(5-7-9)10-11(17)13(19)15(21)14(20)12(10)18/h4-7H,17-21H2,1-3H3. The Bertz CT molecular complexity index is 652. The van der Waals surface area contributed by atoms with Crippen LogP contribution in [-0.4, -0.2) is 39.2 Å². The molecule has 2 rings (SSSR count). The Balaban J connectivity index is 2.63. The van der Waals surface area contributed by atoms with Crippen molar-refractivity contribution in [3.8, 4) is 11.1 Å². The quantitative estimate of drug-likeness (QED) is 0.462. The van der Waals surface area contributed by atoms with Gasteiger partial charge in [-0.05, 0) is 22.1 Å². The molecule has 5 heteroatoms. The van der Waals surface area contributed by atoms with Crippen LogP contribution in [-0.2, 0) is 5.41 Å². The van der Waals surface area contributed by atoms with Gasteiger partial charge >= 0.3 is 0 Å². The molecule has 0 aliphatic heterocycles. The van der Waals surface area contributed by atoms with Gasteiger partial charge in [0.05, 0.1) is 0 Å². The Hall–Kier alpha value is -1.24. The van der Waals surface area contributed by atoms with E-state index in [-0.39, 0.29) is 5.41 Å². The molecular formula is C16H23B5. The first-order valence-corrected chi connectivity index (χ1v) is 7.82. The number of hydrogen-bond donors (Lipinski definition) is 0. The average molecular weight is 269 g/mol. The second-order valence-electron chi connectivity index (χ2n) is 7.33. The molecule has 0 aliphatic rings. The molecule has 0 fully saturated rings. The fraction of sp³-hybridized carbons (Fsp3) is 0.250. The highest BCUT2D eigenvalue weighted by atomic mass is 14.2. The summed E-state index contributed by atoms with van der Waals surface area (Å²) in [5.74, 6) is 0. The van der Waals surface area contributed by atoms with E-state index in [4.69, 9.17) is 0 Å². The molecule has 0 atom stereocenters. The van der Waals surface area contributed by atoms with Crippen LogP contribution in [0.5, 0.6) is 0 Å². The van der Waals surface area contributed by atoms with Crippen LogP contribution >= 0.6 is 0 Å². The molecule has 102 valence electrons. The molecule has 0 bridgehead atoms. The molecule has 21 heavy (non-hydrogen) atoms. The van der Waals surface area contributed by atoms with Gasteiger partial charge in [-0.25, -0.2) is 0 Å². The molecule has 2 aromatic carbocycles. The fourth-order valence-corrected chi connectivity index (χ4v) is 3.07. The van der Waals surface area contributed by atoms with Gasteiger partial charge in [0, 0.05) is 0 Å². The third-order valence-electron chi connectivity index (χ3n) is 5.04. The topological polar surface area (TPSA) is 0 Å². The molecule has 0 radical (unpaired) electrons. The van der Waals surface area contributed by atoms with Gasteiger partial charge in [-0.15, -0.1) is 16.4 Å². The molecular weight excluding hydrogens is 246 g/mol. The second-order valence-corrected chi connectivity index (χ2v) is 7.33. The van der Waals surface area contributed by atoms with Crippen molar-refractivity contribution >= 4 is 66.5 Å². The van der Waals surface area contributed by atoms with Crippen LogP contribution in [0.4, 0.5) is 0 Å². The third kappa shape index (κ3) is 2.88. The summed E-state index contributed by atoms with van der Waals surface area (Å²) in [4.78, 5) is 0. The van der Waals surface area contributed by atoms with Gasteiger partial charge in [0.15, 0.2) is 0 Å². The highest BCUT2D eigenvalue weighted by Crippen LogP contribution is 2.24. The van der Waals surface area contributed by atoms with Crippen molar-refractivity contribution in [2.75, 3.05) is 0 Å². The van der Waals surface area contributed by atoms with Crippen LogP contribution in [0.2, 0.25) is 0 Å². The summed E-state index contributed by atoms with van der Waals surface area (Å²) >= 11 is 0. The van der Waals surface area contributed by atoms with E-state index < -0.39 is 0 Å². The maximum absolute atomic E-state index is 2.28. The first kappa shape index (κ1) is 16.1. The first-order valence-electron chi connectivity index (χ1n) is 7.82. The minimum Gasteiger partial charge on any atom is -0.102 e. The van der Waals surface area contributed by atoms with Gasteiger partial charge < -0.3 is 0 Å². The van der Waals surface area contributed by atoms with Gasteiger partial charge in [-0.3, -0.25) is 0 Å². The van der Waals surface area contributed by atoms with Crippen molar-refractivity contribution in [1.82, 2.24) is 0 Å². The van der Waals surface area contributed by atoms with E-state index in [1.54, 1.807) is 0 Å². The van der Waals surface area contributed by atoms with Crippen molar-refractivity contribution < 1.29 is 0 Å². The van der Waals surface area contributed by atoms with Gasteiger partial charge in [0.25, 0.3) is 0 Å². The Morgan fingerprint density at radius 1 is 0.619 bits per heavy atom. The molecule has 0 spiro atoms. The lowest BCUT2D eigenvalue weighted by atomic mass is 9.59. The molecule has 0 aromatic heterocycles. The van der Waals surface area contributed by atoms with Crippen LogP contribution in [0, 0.1) is 0 Å². The Kier molecular flexibility index (Phi) is 4.24. The molecule has 0 saturated heterocycles. The van der Waals surface area contributed by atoms with E-state index in [1.165, 1.54) is 44.0 Å². The summed E-state index contributed by atoms with van der Waals surface area (Å²) in [5.41, 5.74) is 11.5. The van der Waals surface area contributed by atoms with Crippen LogP contribution in [0.15, 0.2) is 24.3 Å². The molecule has 0 N–H and O–H groups in total. The zero-order valence-electron chi connectivity index (χ0n) is 14.8. The van der Waals surface area contributed by atoms with Crippen LogP contribution in [0.3, 0.4) is 0 Å². The maximum atomic E-state index is 2.28. The lowest BCUT2D eigenvalue weighted by molar-refractivity contribution is 0.590. The van der Waals surface area contributed by atoms with Crippen LogP contribution < -0.4 is 27.3 Å². The van der Waals surface area contributed by atoms with E-state index in [9.17, 15) is 0 Å². The van der Waals surface area contributed by atoms with E-state index in [2.05, 4.69) is 84.3 Å². The van der Waals surface area contributed by atoms with E-state index >= 15 is 0 Å². The predicted octanol–water partition coefficient (Wildman–Crippen LogP) is -4.06. The van der Waals surface area contributed by atoms with Crippen LogP contribution in [0.25, 0.3) is 11.1 Å². The lowest BCUT2D eigenvalue weighted by Crippen LogP contribution is -2.55. The van der Waals surface area contributed by atoms with Crippen molar-refractivity contribution in [2.24, 2.45) is 0 Å². The minimum absolute atomic E-state index is 0.210. The molecule has 2 aromatic rings. The Morgan fingerprint density at radius 3 is 1.38 bits per heavy atom. The number of rotatable bonds is 1. The zero-order chi connectivity index (χ0) is 15.9. The second kappa shape index (κ2) is 5.52. The monoisotopic (exact) mass is 270 g/mol. The lowest BCUT2D eigenvalue weighted by Gasteiger charge is -2.22. The van der Waals surface area contributed by atoms with Gasteiger partial charge in [0.2, 0.25) is 0 Å². The molecule has 0 unspecified atom stereocenters. The first-order chi connectivity index (χ1) is 9.64.